The molecule has 3 heterocycles. The van der Waals surface area contributed by atoms with E-state index < -0.39 is 23.9 Å². The fourth-order valence-corrected chi connectivity index (χ4v) is 4.10. The van der Waals surface area contributed by atoms with Crippen LogP contribution in [0, 0.1) is 0 Å². The van der Waals surface area contributed by atoms with Crippen LogP contribution in [0.5, 0.6) is 0 Å². The smallest absolute Gasteiger partial charge is 0.416 e. The minimum atomic E-state index is -4.55. The zero-order valence-electron chi connectivity index (χ0n) is 18.9. The highest BCUT2D eigenvalue weighted by molar-refractivity contribution is 5.90. The van der Waals surface area contributed by atoms with Crippen LogP contribution in [-0.4, -0.2) is 43.7 Å². The maximum absolute atomic E-state index is 13.3. The van der Waals surface area contributed by atoms with E-state index in [0.717, 1.165) is 12.1 Å². The predicted molar refractivity (Wildman–Crippen MR) is 125 cm³/mol. The highest BCUT2D eigenvalue weighted by atomic mass is 19.4. The number of nitrogen functional groups attached to an aromatic ring is 1. The Morgan fingerprint density at radius 3 is 2.66 bits per heavy atom. The van der Waals surface area contributed by atoms with Gasteiger partial charge in [0.15, 0.2) is 0 Å². The van der Waals surface area contributed by atoms with Gasteiger partial charge in [-0.25, -0.2) is 14.8 Å². The topological polar surface area (TPSA) is 126 Å². The number of nitrogens with zero attached hydrogens (tertiary/aromatic N) is 4. The van der Waals surface area contributed by atoms with Crippen LogP contribution in [0.2, 0.25) is 0 Å². The third-order valence-electron chi connectivity index (χ3n) is 5.93. The first kappa shape index (κ1) is 24.0. The number of nitrogens with one attached hydrogen (secondary N) is 1. The maximum atomic E-state index is 13.3. The van der Waals surface area contributed by atoms with Crippen molar-refractivity contribution in [3.05, 3.63) is 63.7 Å². The van der Waals surface area contributed by atoms with Crippen LogP contribution in [0.1, 0.15) is 36.1 Å². The molecular formula is C23H23F3N6O3. The molecule has 35 heavy (non-hydrogen) atoms. The normalized spacial score (nSPS) is 15.1. The number of alkyl halides is 3. The minimum absolute atomic E-state index is 0.0204. The fraction of sp³-hybridized carbons (Fsp3) is 0.304. The number of fused-ring (bicyclic) bond motifs is 1. The third kappa shape index (κ3) is 4.77. The lowest BCUT2D eigenvalue weighted by Gasteiger charge is -2.25. The number of nitrogens with two attached hydrogens (primary N) is 1. The lowest BCUT2D eigenvalue weighted by Crippen LogP contribution is -2.35. The van der Waals surface area contributed by atoms with Crippen molar-refractivity contribution in [1.29, 1.82) is 0 Å². The van der Waals surface area contributed by atoms with Crippen molar-refractivity contribution in [3.63, 3.8) is 0 Å². The number of anilines is 2. The van der Waals surface area contributed by atoms with Gasteiger partial charge >= 0.3 is 12.3 Å². The lowest BCUT2D eigenvalue weighted by molar-refractivity contribution is -0.137. The van der Waals surface area contributed by atoms with E-state index in [9.17, 15) is 27.9 Å². The van der Waals surface area contributed by atoms with E-state index in [1.807, 2.05) is 6.08 Å². The molecule has 4 N–H and O–H groups in total. The SMILES string of the molecule is CC(Nc1ncnc2c1cc(C1=CCCN(C(=O)O)C1)c(=O)n2C)c1cc(N)cc(C(F)(F)F)c1. The van der Waals surface area contributed by atoms with Gasteiger partial charge in [-0.2, -0.15) is 13.2 Å². The van der Waals surface area contributed by atoms with Crippen molar-refractivity contribution in [3.8, 4) is 0 Å². The van der Waals surface area contributed by atoms with Gasteiger partial charge in [0.25, 0.3) is 5.56 Å². The summed E-state index contributed by atoms with van der Waals surface area (Å²) in [6, 6.07) is 4.31. The summed E-state index contributed by atoms with van der Waals surface area (Å²) in [4.78, 5) is 34.1. The quantitative estimate of drug-likeness (QED) is 0.476. The molecule has 1 aliphatic rings. The average molecular weight is 488 g/mol. The maximum Gasteiger partial charge on any atom is 0.416 e. The Morgan fingerprint density at radius 2 is 1.97 bits per heavy atom. The molecule has 4 rings (SSSR count). The first-order valence-electron chi connectivity index (χ1n) is 10.7. The number of carbonyl (C=O) groups is 1. The average Bonchev–Trinajstić information content (AvgIpc) is 2.80. The Balaban J connectivity index is 1.76. The van der Waals surface area contributed by atoms with Crippen molar-refractivity contribution in [2.24, 2.45) is 7.05 Å². The molecule has 0 saturated carbocycles. The van der Waals surface area contributed by atoms with E-state index >= 15 is 0 Å². The largest absolute Gasteiger partial charge is 0.465 e. The second kappa shape index (κ2) is 8.93. The van der Waals surface area contributed by atoms with Gasteiger partial charge < -0.3 is 21.1 Å². The number of rotatable bonds is 4. The van der Waals surface area contributed by atoms with Gasteiger partial charge in [-0.15, -0.1) is 0 Å². The van der Waals surface area contributed by atoms with Crippen molar-refractivity contribution < 1.29 is 23.1 Å². The molecule has 0 bridgehead atoms. The second-order valence-corrected chi connectivity index (χ2v) is 8.36. The number of halogens is 3. The molecule has 12 heteroatoms. The summed E-state index contributed by atoms with van der Waals surface area (Å²) in [5.41, 5.74) is 5.98. The molecule has 184 valence electrons. The Labute approximate surface area is 197 Å². The summed E-state index contributed by atoms with van der Waals surface area (Å²) in [6.45, 7) is 2.06. The zero-order valence-corrected chi connectivity index (χ0v) is 18.9. The summed E-state index contributed by atoms with van der Waals surface area (Å²) < 4.78 is 41.1. The van der Waals surface area contributed by atoms with E-state index in [1.54, 1.807) is 20.0 Å². The van der Waals surface area contributed by atoms with Crippen molar-refractivity contribution in [2.75, 3.05) is 24.1 Å². The number of aromatic nitrogens is 3. The highest BCUT2D eigenvalue weighted by Gasteiger charge is 2.31. The van der Waals surface area contributed by atoms with E-state index in [1.165, 1.54) is 21.9 Å². The zero-order chi connectivity index (χ0) is 25.5. The first-order chi connectivity index (χ1) is 16.5. The Hall–Kier alpha value is -4.09. The molecule has 1 aromatic carbocycles. The van der Waals surface area contributed by atoms with Crippen LogP contribution in [0.25, 0.3) is 16.6 Å². The Morgan fingerprint density at radius 1 is 1.23 bits per heavy atom. The number of aryl methyl sites for hydroxylation is 1. The predicted octanol–water partition coefficient (Wildman–Crippen LogP) is 3.87. The van der Waals surface area contributed by atoms with Crippen LogP contribution in [0.15, 0.2) is 41.5 Å². The summed E-state index contributed by atoms with van der Waals surface area (Å²) in [7, 11) is 1.54. The van der Waals surface area contributed by atoms with Crippen molar-refractivity contribution in [2.45, 2.75) is 25.6 Å². The van der Waals surface area contributed by atoms with Gasteiger partial charge in [0.05, 0.1) is 17.0 Å². The van der Waals surface area contributed by atoms with Gasteiger partial charge in [0, 0.05) is 31.4 Å². The number of hydrogen-bond donors (Lipinski definition) is 3. The minimum Gasteiger partial charge on any atom is -0.465 e. The van der Waals surface area contributed by atoms with Crippen LogP contribution in [0.3, 0.4) is 0 Å². The van der Waals surface area contributed by atoms with E-state index in [-0.39, 0.29) is 17.8 Å². The van der Waals surface area contributed by atoms with Gasteiger partial charge in [0.2, 0.25) is 0 Å². The van der Waals surface area contributed by atoms with Gasteiger partial charge in [-0.05, 0) is 48.7 Å². The molecule has 1 aliphatic heterocycles. The van der Waals surface area contributed by atoms with E-state index in [0.29, 0.717) is 46.5 Å². The first-order valence-corrected chi connectivity index (χ1v) is 10.7. The van der Waals surface area contributed by atoms with Crippen molar-refractivity contribution in [1.82, 2.24) is 19.4 Å². The third-order valence-corrected chi connectivity index (χ3v) is 5.93. The Bertz CT molecular complexity index is 1400. The summed E-state index contributed by atoms with van der Waals surface area (Å²) in [5.74, 6) is 0.307. The molecule has 0 radical (unpaired) electrons. The Kier molecular flexibility index (Phi) is 6.14. The molecule has 0 aliphatic carbocycles. The van der Waals surface area contributed by atoms with Crippen LogP contribution < -0.4 is 16.6 Å². The van der Waals surface area contributed by atoms with Gasteiger partial charge in [-0.3, -0.25) is 9.36 Å². The van der Waals surface area contributed by atoms with E-state index in [4.69, 9.17) is 5.73 Å². The number of amides is 1. The number of hydrogen-bond acceptors (Lipinski definition) is 6. The monoisotopic (exact) mass is 488 g/mol. The number of carboxylic acid groups (broad SMARTS) is 1. The van der Waals surface area contributed by atoms with Crippen LogP contribution >= 0.6 is 0 Å². The van der Waals surface area contributed by atoms with E-state index in [2.05, 4.69) is 15.3 Å². The van der Waals surface area contributed by atoms with Gasteiger partial charge in [-0.1, -0.05) is 6.08 Å². The molecular weight excluding hydrogens is 465 g/mol. The molecule has 3 aromatic rings. The highest BCUT2D eigenvalue weighted by Crippen LogP contribution is 2.34. The lowest BCUT2D eigenvalue weighted by atomic mass is 10.0. The molecule has 1 amide bonds. The summed E-state index contributed by atoms with van der Waals surface area (Å²) in [6.07, 6.45) is -2.08. The molecule has 9 nitrogen and oxygen atoms in total. The van der Waals surface area contributed by atoms with Gasteiger partial charge in [0.1, 0.15) is 17.8 Å². The molecule has 1 atom stereocenters. The standard InChI is InChI=1S/C23H23F3N6O3/c1-12(14-6-15(23(24,25)26)8-16(27)7-14)30-19-18-9-17(13-4-3-5-32(10-13)22(34)35)21(33)31(2)20(18)29-11-28-19/h4,6-9,11-12H,3,5,10,27H2,1-2H3,(H,34,35)(H,28,29,30). The fourth-order valence-electron chi connectivity index (χ4n) is 4.10. The second-order valence-electron chi connectivity index (χ2n) is 8.36. The summed E-state index contributed by atoms with van der Waals surface area (Å²) >= 11 is 0. The van der Waals surface area contributed by atoms with Crippen LogP contribution in [0.4, 0.5) is 29.5 Å². The molecule has 0 saturated heterocycles. The summed E-state index contributed by atoms with van der Waals surface area (Å²) in [5, 5.41) is 12.9. The molecule has 0 fully saturated rings. The van der Waals surface area contributed by atoms with Crippen molar-refractivity contribution >= 4 is 34.2 Å². The number of benzene rings is 1. The molecule has 0 spiro atoms. The number of pyridine rings is 1. The molecule has 1 unspecified atom stereocenters. The molecule has 2 aromatic heterocycles. The van der Waals surface area contributed by atoms with Crippen LogP contribution in [-0.2, 0) is 13.2 Å².